The fourth-order valence-corrected chi connectivity index (χ4v) is 2.71. The topological polar surface area (TPSA) is 24.1 Å². The summed E-state index contributed by atoms with van der Waals surface area (Å²) in [5.41, 5.74) is 0. The molecule has 68 valence electrons. The standard InChI is InChI=1S/C10H18N2/c1-2-11-9(1)6-12-10-4-7-3-8(7)5-10/h7-12H,1-6H2. The van der Waals surface area contributed by atoms with Crippen molar-refractivity contribution in [1.82, 2.24) is 10.6 Å². The van der Waals surface area contributed by atoms with Gasteiger partial charge in [0.2, 0.25) is 0 Å². The zero-order valence-corrected chi connectivity index (χ0v) is 7.55. The third kappa shape index (κ3) is 1.27. The molecule has 0 radical (unpaired) electrons. The summed E-state index contributed by atoms with van der Waals surface area (Å²) >= 11 is 0. The fraction of sp³-hybridized carbons (Fsp3) is 1.00. The lowest BCUT2D eigenvalue weighted by Gasteiger charge is -2.29. The lowest BCUT2D eigenvalue weighted by molar-refractivity contribution is 0.332. The quantitative estimate of drug-likeness (QED) is 0.646. The van der Waals surface area contributed by atoms with Gasteiger partial charge in [-0.1, -0.05) is 0 Å². The molecule has 2 heteroatoms. The molecule has 1 aliphatic heterocycles. The summed E-state index contributed by atoms with van der Waals surface area (Å²) in [6, 6.07) is 1.66. The number of hydrogen-bond donors (Lipinski definition) is 2. The molecule has 1 heterocycles. The van der Waals surface area contributed by atoms with Gasteiger partial charge >= 0.3 is 0 Å². The van der Waals surface area contributed by atoms with Crippen LogP contribution >= 0.6 is 0 Å². The summed E-state index contributed by atoms with van der Waals surface area (Å²) in [6.45, 7) is 2.45. The van der Waals surface area contributed by atoms with E-state index in [9.17, 15) is 0 Å². The number of rotatable bonds is 3. The molecule has 2 N–H and O–H groups in total. The average molecular weight is 166 g/mol. The minimum atomic E-state index is 0.793. The maximum Gasteiger partial charge on any atom is 0.0204 e. The highest BCUT2D eigenvalue weighted by molar-refractivity contribution is 4.99. The highest BCUT2D eigenvalue weighted by Crippen LogP contribution is 2.51. The Bertz CT molecular complexity index is 167. The Hall–Kier alpha value is -0.0800. The van der Waals surface area contributed by atoms with Crippen LogP contribution in [0, 0.1) is 11.8 Å². The number of nitrogens with one attached hydrogen (secondary N) is 2. The molecule has 0 spiro atoms. The van der Waals surface area contributed by atoms with Gasteiger partial charge < -0.3 is 10.6 Å². The van der Waals surface area contributed by atoms with Gasteiger partial charge in [-0.2, -0.15) is 0 Å². The first-order valence-corrected chi connectivity index (χ1v) is 5.38. The molecule has 1 saturated heterocycles. The van der Waals surface area contributed by atoms with Crippen LogP contribution in [-0.2, 0) is 0 Å². The van der Waals surface area contributed by atoms with Gasteiger partial charge in [-0.3, -0.25) is 0 Å². The van der Waals surface area contributed by atoms with E-state index in [-0.39, 0.29) is 0 Å². The van der Waals surface area contributed by atoms with Crippen LogP contribution in [0.15, 0.2) is 0 Å². The molecule has 0 aromatic heterocycles. The lowest BCUT2D eigenvalue weighted by atomic mass is 10.1. The predicted molar refractivity (Wildman–Crippen MR) is 49.0 cm³/mol. The minimum Gasteiger partial charge on any atom is -0.313 e. The second kappa shape index (κ2) is 2.71. The van der Waals surface area contributed by atoms with Crippen molar-refractivity contribution in [3.63, 3.8) is 0 Å². The highest BCUT2D eigenvalue weighted by Gasteiger charge is 2.45. The van der Waals surface area contributed by atoms with Gasteiger partial charge in [0.05, 0.1) is 0 Å². The summed E-state index contributed by atoms with van der Waals surface area (Å²) in [4.78, 5) is 0. The van der Waals surface area contributed by atoms with Crippen molar-refractivity contribution in [3.05, 3.63) is 0 Å². The smallest absolute Gasteiger partial charge is 0.0204 e. The molecular weight excluding hydrogens is 148 g/mol. The van der Waals surface area contributed by atoms with Crippen LogP contribution < -0.4 is 10.6 Å². The van der Waals surface area contributed by atoms with Crippen molar-refractivity contribution < 1.29 is 0 Å². The van der Waals surface area contributed by atoms with Crippen LogP contribution in [0.5, 0.6) is 0 Å². The molecule has 0 aromatic rings. The van der Waals surface area contributed by atoms with Crippen molar-refractivity contribution in [2.45, 2.75) is 37.8 Å². The molecule has 0 aromatic carbocycles. The largest absolute Gasteiger partial charge is 0.313 e. The van der Waals surface area contributed by atoms with E-state index >= 15 is 0 Å². The molecule has 2 saturated carbocycles. The summed E-state index contributed by atoms with van der Waals surface area (Å²) < 4.78 is 0. The number of hydrogen-bond acceptors (Lipinski definition) is 2. The van der Waals surface area contributed by atoms with E-state index in [2.05, 4.69) is 10.6 Å². The first kappa shape index (κ1) is 7.34. The molecule has 3 unspecified atom stereocenters. The maximum atomic E-state index is 3.68. The summed E-state index contributed by atoms with van der Waals surface area (Å²) in [5, 5.41) is 7.11. The minimum absolute atomic E-state index is 0.793. The molecule has 2 aliphatic carbocycles. The molecule has 0 amide bonds. The van der Waals surface area contributed by atoms with Crippen LogP contribution in [0.4, 0.5) is 0 Å². The fourth-order valence-electron chi connectivity index (χ4n) is 2.71. The van der Waals surface area contributed by atoms with Gasteiger partial charge in [-0.15, -0.1) is 0 Å². The van der Waals surface area contributed by atoms with Gasteiger partial charge in [0.15, 0.2) is 0 Å². The van der Waals surface area contributed by atoms with Crippen LogP contribution in [-0.4, -0.2) is 25.2 Å². The monoisotopic (exact) mass is 166 g/mol. The first-order valence-electron chi connectivity index (χ1n) is 5.38. The number of fused-ring (bicyclic) bond motifs is 1. The van der Waals surface area contributed by atoms with E-state index in [4.69, 9.17) is 0 Å². The van der Waals surface area contributed by atoms with Crippen LogP contribution in [0.25, 0.3) is 0 Å². The second-order valence-corrected chi connectivity index (χ2v) is 4.77. The Balaban J connectivity index is 1.38. The van der Waals surface area contributed by atoms with Crippen molar-refractivity contribution in [1.29, 1.82) is 0 Å². The summed E-state index contributed by atoms with van der Waals surface area (Å²) in [6.07, 6.45) is 5.86. The predicted octanol–water partition coefficient (Wildman–Crippen LogP) is 0.736. The SMILES string of the molecule is C1CC(CNC2CC3CC3C2)N1. The zero-order valence-electron chi connectivity index (χ0n) is 7.55. The van der Waals surface area contributed by atoms with Crippen LogP contribution in [0.2, 0.25) is 0 Å². The van der Waals surface area contributed by atoms with E-state index in [1.165, 1.54) is 32.4 Å². The van der Waals surface area contributed by atoms with Crippen LogP contribution in [0.3, 0.4) is 0 Å². The lowest BCUT2D eigenvalue weighted by Crippen LogP contribution is -2.50. The highest BCUT2D eigenvalue weighted by atomic mass is 15.0. The normalized spacial score (nSPS) is 50.0. The Morgan fingerprint density at radius 3 is 2.50 bits per heavy atom. The average Bonchev–Trinajstić information content (AvgIpc) is 2.57. The summed E-state index contributed by atoms with van der Waals surface area (Å²) in [5.74, 6) is 2.24. The molecule has 3 atom stereocenters. The Morgan fingerprint density at radius 2 is 1.92 bits per heavy atom. The molecule has 0 bridgehead atoms. The van der Waals surface area contributed by atoms with Crippen molar-refractivity contribution in [3.8, 4) is 0 Å². The van der Waals surface area contributed by atoms with Crippen molar-refractivity contribution in [2.24, 2.45) is 11.8 Å². The van der Waals surface area contributed by atoms with E-state index in [0.29, 0.717) is 0 Å². The molecule has 2 nitrogen and oxygen atoms in total. The van der Waals surface area contributed by atoms with E-state index in [0.717, 1.165) is 23.9 Å². The Morgan fingerprint density at radius 1 is 1.17 bits per heavy atom. The van der Waals surface area contributed by atoms with Crippen LogP contribution in [0.1, 0.15) is 25.7 Å². The first-order chi connectivity index (χ1) is 5.92. The third-order valence-electron chi connectivity index (χ3n) is 3.82. The Kier molecular flexibility index (Phi) is 1.66. The van der Waals surface area contributed by atoms with Crippen molar-refractivity contribution in [2.75, 3.05) is 13.1 Å². The molecule has 12 heavy (non-hydrogen) atoms. The van der Waals surface area contributed by atoms with Gasteiger partial charge in [0, 0.05) is 18.6 Å². The molecular formula is C10H18N2. The van der Waals surface area contributed by atoms with Gasteiger partial charge in [0.25, 0.3) is 0 Å². The zero-order chi connectivity index (χ0) is 7.97. The second-order valence-electron chi connectivity index (χ2n) is 4.77. The third-order valence-corrected chi connectivity index (χ3v) is 3.82. The molecule has 3 fully saturated rings. The van der Waals surface area contributed by atoms with E-state index in [1.807, 2.05) is 0 Å². The molecule has 3 rings (SSSR count). The maximum absolute atomic E-state index is 3.68. The Labute approximate surface area is 74.1 Å². The molecule has 3 aliphatic rings. The summed E-state index contributed by atoms with van der Waals surface area (Å²) in [7, 11) is 0. The van der Waals surface area contributed by atoms with E-state index in [1.54, 1.807) is 6.42 Å². The van der Waals surface area contributed by atoms with Gasteiger partial charge in [-0.05, 0) is 44.1 Å². The van der Waals surface area contributed by atoms with Gasteiger partial charge in [0.1, 0.15) is 0 Å². The van der Waals surface area contributed by atoms with Gasteiger partial charge in [-0.25, -0.2) is 0 Å². The van der Waals surface area contributed by atoms with E-state index < -0.39 is 0 Å². The van der Waals surface area contributed by atoms with Crippen molar-refractivity contribution >= 4 is 0 Å².